The van der Waals surface area contributed by atoms with Gasteiger partial charge in [-0.1, -0.05) is 19.9 Å². The molecule has 3 heterocycles. The molecular weight excluding hydrogens is 324 g/mol. The fourth-order valence-corrected chi connectivity index (χ4v) is 3.55. The fraction of sp³-hybridized carbons (Fsp3) is 0.471. The van der Waals surface area contributed by atoms with Crippen LogP contribution in [0.15, 0.2) is 23.7 Å². The number of carbonyl (C=O) groups is 2. The summed E-state index contributed by atoms with van der Waals surface area (Å²) in [6.07, 6.45) is 1.78. The van der Waals surface area contributed by atoms with E-state index in [0.717, 1.165) is 10.7 Å². The third kappa shape index (κ3) is 3.21. The molecular formula is C17H22N4O2S. The number of amides is 2. The van der Waals surface area contributed by atoms with Crippen molar-refractivity contribution in [2.75, 3.05) is 6.54 Å². The number of rotatable bonds is 4. The van der Waals surface area contributed by atoms with Gasteiger partial charge in [0.05, 0.1) is 12.6 Å². The number of hydrogen-bond acceptors (Lipinski definition) is 4. The number of carbonyl (C=O) groups excluding carboxylic acids is 2. The topological polar surface area (TPSA) is 67.2 Å². The SMILES string of the molecule is CC(C)C(=O)N1CCn2cc(C(=O)NCc3cccs3)nc2C1C. The van der Waals surface area contributed by atoms with Gasteiger partial charge in [0, 0.05) is 30.1 Å². The molecule has 24 heavy (non-hydrogen) atoms. The van der Waals surface area contributed by atoms with E-state index in [0.29, 0.717) is 25.3 Å². The number of hydrogen-bond donors (Lipinski definition) is 1. The molecule has 0 spiro atoms. The average Bonchev–Trinajstić information content (AvgIpc) is 3.22. The van der Waals surface area contributed by atoms with Gasteiger partial charge in [-0.25, -0.2) is 4.98 Å². The predicted octanol–water partition coefficient (Wildman–Crippen LogP) is 2.43. The molecule has 2 aromatic heterocycles. The minimum atomic E-state index is -0.181. The second-order valence-electron chi connectivity index (χ2n) is 6.30. The Morgan fingerprint density at radius 1 is 1.42 bits per heavy atom. The van der Waals surface area contributed by atoms with Gasteiger partial charge in [-0.15, -0.1) is 11.3 Å². The molecule has 0 aromatic carbocycles. The zero-order valence-electron chi connectivity index (χ0n) is 14.2. The lowest BCUT2D eigenvalue weighted by atomic mass is 10.1. The van der Waals surface area contributed by atoms with Crippen LogP contribution in [0, 0.1) is 5.92 Å². The molecule has 2 amide bonds. The van der Waals surface area contributed by atoms with E-state index >= 15 is 0 Å². The van der Waals surface area contributed by atoms with Gasteiger partial charge in [0.2, 0.25) is 5.91 Å². The first kappa shape index (κ1) is 16.7. The Morgan fingerprint density at radius 2 is 2.21 bits per heavy atom. The van der Waals surface area contributed by atoms with Gasteiger partial charge >= 0.3 is 0 Å². The van der Waals surface area contributed by atoms with Crippen LogP contribution in [0.25, 0.3) is 0 Å². The van der Waals surface area contributed by atoms with Crippen molar-refractivity contribution in [1.29, 1.82) is 0 Å². The first-order valence-electron chi connectivity index (χ1n) is 8.15. The lowest BCUT2D eigenvalue weighted by molar-refractivity contribution is -0.137. The average molecular weight is 346 g/mol. The summed E-state index contributed by atoms with van der Waals surface area (Å²) in [7, 11) is 0. The second kappa shape index (κ2) is 6.76. The maximum atomic E-state index is 12.3. The van der Waals surface area contributed by atoms with Crippen LogP contribution in [0.2, 0.25) is 0 Å². The van der Waals surface area contributed by atoms with Gasteiger partial charge in [-0.3, -0.25) is 9.59 Å². The summed E-state index contributed by atoms with van der Waals surface area (Å²) in [6, 6.07) is 3.83. The van der Waals surface area contributed by atoms with Crippen molar-refractivity contribution in [1.82, 2.24) is 19.8 Å². The normalized spacial score (nSPS) is 17.0. The Morgan fingerprint density at radius 3 is 2.88 bits per heavy atom. The second-order valence-corrected chi connectivity index (χ2v) is 7.33. The Bertz CT molecular complexity index is 736. The van der Waals surface area contributed by atoms with Crippen molar-refractivity contribution in [2.24, 2.45) is 5.92 Å². The van der Waals surface area contributed by atoms with Crippen LogP contribution in [0.4, 0.5) is 0 Å². The number of fused-ring (bicyclic) bond motifs is 1. The van der Waals surface area contributed by atoms with E-state index in [1.165, 1.54) is 0 Å². The molecule has 0 bridgehead atoms. The molecule has 0 fully saturated rings. The quantitative estimate of drug-likeness (QED) is 0.924. The molecule has 6 nitrogen and oxygen atoms in total. The highest BCUT2D eigenvalue weighted by molar-refractivity contribution is 7.09. The minimum absolute atomic E-state index is 0.0393. The molecule has 0 saturated carbocycles. The molecule has 1 aliphatic rings. The molecule has 128 valence electrons. The summed E-state index contributed by atoms with van der Waals surface area (Å²) >= 11 is 1.61. The maximum absolute atomic E-state index is 12.3. The highest BCUT2D eigenvalue weighted by Crippen LogP contribution is 2.26. The lowest BCUT2D eigenvalue weighted by Gasteiger charge is -2.34. The van der Waals surface area contributed by atoms with E-state index in [1.54, 1.807) is 17.5 Å². The minimum Gasteiger partial charge on any atom is -0.346 e. The molecule has 0 radical (unpaired) electrons. The summed E-state index contributed by atoms with van der Waals surface area (Å²) in [5, 5.41) is 4.88. The van der Waals surface area contributed by atoms with Gasteiger partial charge in [-0.2, -0.15) is 0 Å². The first-order valence-corrected chi connectivity index (χ1v) is 9.03. The third-order valence-corrected chi connectivity index (χ3v) is 5.12. The van der Waals surface area contributed by atoms with Crippen LogP contribution < -0.4 is 5.32 Å². The maximum Gasteiger partial charge on any atom is 0.271 e. The lowest BCUT2D eigenvalue weighted by Crippen LogP contribution is -2.42. The van der Waals surface area contributed by atoms with Crippen molar-refractivity contribution >= 4 is 23.2 Å². The number of nitrogens with one attached hydrogen (secondary N) is 1. The largest absolute Gasteiger partial charge is 0.346 e. The van der Waals surface area contributed by atoms with Crippen LogP contribution >= 0.6 is 11.3 Å². The molecule has 3 rings (SSSR count). The summed E-state index contributed by atoms with van der Waals surface area (Å²) < 4.78 is 1.98. The smallest absolute Gasteiger partial charge is 0.271 e. The van der Waals surface area contributed by atoms with Crippen molar-refractivity contribution in [2.45, 2.75) is 39.9 Å². The Labute approximate surface area is 145 Å². The van der Waals surface area contributed by atoms with Crippen molar-refractivity contribution in [3.63, 3.8) is 0 Å². The van der Waals surface area contributed by atoms with Crippen LogP contribution in [-0.2, 0) is 17.9 Å². The van der Waals surface area contributed by atoms with Gasteiger partial charge < -0.3 is 14.8 Å². The standard InChI is InChI=1S/C17H22N4O2S/c1-11(2)17(23)21-7-6-20-10-14(19-15(20)12(21)3)16(22)18-9-13-5-4-8-24-13/h4-5,8,10-12H,6-7,9H2,1-3H3,(H,18,22). The summed E-state index contributed by atoms with van der Waals surface area (Å²) in [6.45, 7) is 7.60. The van der Waals surface area contributed by atoms with E-state index in [9.17, 15) is 9.59 Å². The number of imidazole rings is 1. The summed E-state index contributed by atoms with van der Waals surface area (Å²) in [4.78, 5) is 32.1. The highest BCUT2D eigenvalue weighted by Gasteiger charge is 2.31. The Kier molecular flexibility index (Phi) is 4.71. The zero-order valence-corrected chi connectivity index (χ0v) is 15.0. The van der Waals surface area contributed by atoms with Crippen LogP contribution in [0.5, 0.6) is 0 Å². The van der Waals surface area contributed by atoms with Crippen LogP contribution in [0.3, 0.4) is 0 Å². The van der Waals surface area contributed by atoms with Gasteiger partial charge in [-0.05, 0) is 18.4 Å². The Hall–Kier alpha value is -2.15. The van der Waals surface area contributed by atoms with Crippen molar-refractivity contribution in [3.05, 3.63) is 40.1 Å². The molecule has 0 aliphatic carbocycles. The summed E-state index contributed by atoms with van der Waals surface area (Å²) in [5.74, 6) is 0.679. The van der Waals surface area contributed by atoms with E-state index in [4.69, 9.17) is 0 Å². The fourth-order valence-electron chi connectivity index (χ4n) is 2.90. The predicted molar refractivity (Wildman–Crippen MR) is 92.7 cm³/mol. The molecule has 0 saturated heterocycles. The molecule has 7 heteroatoms. The van der Waals surface area contributed by atoms with E-state index < -0.39 is 0 Å². The number of nitrogens with zero attached hydrogens (tertiary/aromatic N) is 3. The van der Waals surface area contributed by atoms with Crippen molar-refractivity contribution < 1.29 is 9.59 Å². The van der Waals surface area contributed by atoms with E-state index in [2.05, 4.69) is 10.3 Å². The molecule has 1 aliphatic heterocycles. The Balaban J connectivity index is 1.72. The number of aromatic nitrogens is 2. The van der Waals surface area contributed by atoms with Gasteiger partial charge in [0.15, 0.2) is 0 Å². The zero-order chi connectivity index (χ0) is 17.3. The van der Waals surface area contributed by atoms with E-state index in [1.807, 2.05) is 47.8 Å². The molecule has 1 atom stereocenters. The molecule has 1 N–H and O–H groups in total. The third-order valence-electron chi connectivity index (χ3n) is 4.24. The summed E-state index contributed by atoms with van der Waals surface area (Å²) in [5.41, 5.74) is 0.409. The van der Waals surface area contributed by atoms with Gasteiger partial charge in [0.1, 0.15) is 11.5 Å². The molecule has 2 aromatic rings. The highest BCUT2D eigenvalue weighted by atomic mass is 32.1. The number of thiophene rings is 1. The van der Waals surface area contributed by atoms with Crippen LogP contribution in [0.1, 0.15) is 48.0 Å². The molecule has 1 unspecified atom stereocenters. The van der Waals surface area contributed by atoms with Gasteiger partial charge in [0.25, 0.3) is 5.91 Å². The first-order chi connectivity index (χ1) is 11.5. The van der Waals surface area contributed by atoms with Crippen LogP contribution in [-0.4, -0.2) is 32.8 Å². The monoisotopic (exact) mass is 346 g/mol. The van der Waals surface area contributed by atoms with Crippen molar-refractivity contribution in [3.8, 4) is 0 Å². The van der Waals surface area contributed by atoms with E-state index in [-0.39, 0.29) is 23.8 Å².